The van der Waals surface area contributed by atoms with E-state index in [1.807, 2.05) is 4.68 Å². The monoisotopic (exact) mass is 250 g/mol. The van der Waals surface area contributed by atoms with Crippen LogP contribution in [0.1, 0.15) is 69.3 Å². The molecule has 18 heavy (non-hydrogen) atoms. The number of rotatable bonds is 5. The van der Waals surface area contributed by atoms with Crippen LogP contribution in [0.4, 0.5) is 0 Å². The zero-order valence-corrected chi connectivity index (χ0v) is 11.2. The zero-order chi connectivity index (χ0) is 13.1. The van der Waals surface area contributed by atoms with Crippen LogP contribution in [0.3, 0.4) is 0 Å². The molecule has 1 heterocycles. The third kappa shape index (κ3) is 2.54. The highest BCUT2D eigenvalue weighted by Gasteiger charge is 2.27. The van der Waals surface area contributed by atoms with Gasteiger partial charge in [0, 0.05) is 5.92 Å². The molecule has 1 aromatic rings. The molecule has 0 aliphatic heterocycles. The van der Waals surface area contributed by atoms with Crippen LogP contribution >= 0.6 is 0 Å². The Balaban J connectivity index is 2.34. The lowest BCUT2D eigenvalue weighted by atomic mass is 9.99. The summed E-state index contributed by atoms with van der Waals surface area (Å²) in [4.78, 5) is 11.1. The van der Waals surface area contributed by atoms with E-state index in [0.717, 1.165) is 17.8 Å². The number of carbonyl (C=O) groups is 1. The Kier molecular flexibility index (Phi) is 3.99. The number of amides is 1. The van der Waals surface area contributed by atoms with Crippen molar-refractivity contribution in [2.75, 3.05) is 0 Å². The van der Waals surface area contributed by atoms with Gasteiger partial charge in [-0.1, -0.05) is 25.0 Å². The van der Waals surface area contributed by atoms with Crippen molar-refractivity contribution >= 4 is 5.91 Å². The Hall–Kier alpha value is -1.39. The largest absolute Gasteiger partial charge is 0.369 e. The number of aromatic nitrogens is 3. The Morgan fingerprint density at radius 1 is 1.50 bits per heavy atom. The summed E-state index contributed by atoms with van der Waals surface area (Å²) < 4.78 is 2.01. The smallest absolute Gasteiger partial charge is 0.223 e. The topological polar surface area (TPSA) is 73.8 Å². The second kappa shape index (κ2) is 5.50. The molecular weight excluding hydrogens is 228 g/mol. The summed E-state index contributed by atoms with van der Waals surface area (Å²) in [5.74, 6) is 0.175. The Bertz CT molecular complexity index is 421. The van der Waals surface area contributed by atoms with Gasteiger partial charge < -0.3 is 5.73 Å². The molecule has 1 atom stereocenters. The van der Waals surface area contributed by atoms with Gasteiger partial charge in [0.25, 0.3) is 0 Å². The summed E-state index contributed by atoms with van der Waals surface area (Å²) in [6.45, 7) is 4.28. The van der Waals surface area contributed by atoms with E-state index >= 15 is 0 Å². The Labute approximate surface area is 108 Å². The summed E-state index contributed by atoms with van der Waals surface area (Å²) in [6, 6.07) is 0.328. The fraction of sp³-hybridized carbons (Fsp3) is 0.769. The molecule has 1 amide bonds. The van der Waals surface area contributed by atoms with Crippen molar-refractivity contribution in [3.63, 3.8) is 0 Å². The lowest BCUT2D eigenvalue weighted by Gasteiger charge is -2.17. The molecule has 1 aromatic heterocycles. The van der Waals surface area contributed by atoms with Crippen LogP contribution in [0.2, 0.25) is 0 Å². The third-order valence-corrected chi connectivity index (χ3v) is 3.90. The summed E-state index contributed by atoms with van der Waals surface area (Å²) in [6.07, 6.45) is 6.09. The van der Waals surface area contributed by atoms with Crippen LogP contribution in [0.5, 0.6) is 0 Å². The Morgan fingerprint density at radius 3 is 2.72 bits per heavy atom. The van der Waals surface area contributed by atoms with Crippen LogP contribution in [0.15, 0.2) is 0 Å². The first kappa shape index (κ1) is 13.1. The number of nitrogens with two attached hydrogens (primary N) is 1. The molecule has 1 aliphatic carbocycles. The summed E-state index contributed by atoms with van der Waals surface area (Å²) in [7, 11) is 0. The van der Waals surface area contributed by atoms with Gasteiger partial charge in [0.05, 0.1) is 23.9 Å². The molecule has 5 nitrogen and oxygen atoms in total. The van der Waals surface area contributed by atoms with Crippen LogP contribution < -0.4 is 5.73 Å². The van der Waals surface area contributed by atoms with Gasteiger partial charge in [-0.15, -0.1) is 5.10 Å². The van der Waals surface area contributed by atoms with Gasteiger partial charge in [-0.3, -0.25) is 4.79 Å². The highest BCUT2D eigenvalue weighted by atomic mass is 16.1. The number of hydrogen-bond acceptors (Lipinski definition) is 3. The highest BCUT2D eigenvalue weighted by molar-refractivity contribution is 5.76. The molecule has 1 fully saturated rings. The normalized spacial score (nSPS) is 18.1. The van der Waals surface area contributed by atoms with Crippen molar-refractivity contribution in [3.05, 3.63) is 11.4 Å². The van der Waals surface area contributed by atoms with E-state index in [0.29, 0.717) is 12.0 Å². The fourth-order valence-corrected chi connectivity index (χ4v) is 2.75. The molecule has 2 N–H and O–H groups in total. The van der Waals surface area contributed by atoms with Gasteiger partial charge in [-0.05, 0) is 26.2 Å². The van der Waals surface area contributed by atoms with E-state index in [2.05, 4.69) is 24.2 Å². The fourth-order valence-electron chi connectivity index (χ4n) is 2.75. The lowest BCUT2D eigenvalue weighted by Crippen LogP contribution is -2.17. The maximum atomic E-state index is 11.1. The van der Waals surface area contributed by atoms with Gasteiger partial charge >= 0.3 is 0 Å². The van der Waals surface area contributed by atoms with Crippen molar-refractivity contribution in [3.8, 4) is 0 Å². The molecule has 0 bridgehead atoms. The minimum Gasteiger partial charge on any atom is -0.369 e. The predicted octanol–water partition coefficient (Wildman–Crippen LogP) is 1.93. The maximum absolute atomic E-state index is 11.1. The first-order valence-corrected chi connectivity index (χ1v) is 6.85. The highest BCUT2D eigenvalue weighted by Crippen LogP contribution is 2.36. The van der Waals surface area contributed by atoms with Crippen LogP contribution in [0, 0.1) is 0 Å². The van der Waals surface area contributed by atoms with Crippen LogP contribution in [0.25, 0.3) is 0 Å². The molecule has 2 rings (SSSR count). The van der Waals surface area contributed by atoms with Crippen LogP contribution in [-0.2, 0) is 11.2 Å². The van der Waals surface area contributed by atoms with Crippen LogP contribution in [-0.4, -0.2) is 20.9 Å². The van der Waals surface area contributed by atoms with E-state index in [1.54, 1.807) is 0 Å². The molecule has 0 radical (unpaired) electrons. The lowest BCUT2D eigenvalue weighted by molar-refractivity contribution is -0.117. The molecule has 0 aromatic carbocycles. The van der Waals surface area contributed by atoms with E-state index in [1.165, 1.54) is 25.7 Å². The van der Waals surface area contributed by atoms with E-state index in [9.17, 15) is 4.79 Å². The van der Waals surface area contributed by atoms with E-state index < -0.39 is 0 Å². The average Bonchev–Trinajstić information content (AvgIpc) is 2.95. The van der Waals surface area contributed by atoms with Crippen molar-refractivity contribution < 1.29 is 4.79 Å². The first-order chi connectivity index (χ1) is 8.63. The predicted molar refractivity (Wildman–Crippen MR) is 69.1 cm³/mol. The number of primary amides is 1. The molecule has 5 heteroatoms. The minimum atomic E-state index is -0.328. The van der Waals surface area contributed by atoms with Gasteiger partial charge in [0.1, 0.15) is 0 Å². The van der Waals surface area contributed by atoms with Crippen molar-refractivity contribution in [1.82, 2.24) is 15.0 Å². The molecular formula is C13H22N4O. The summed E-state index contributed by atoms with van der Waals surface area (Å²) >= 11 is 0. The van der Waals surface area contributed by atoms with Crippen molar-refractivity contribution in [2.24, 2.45) is 5.73 Å². The quantitative estimate of drug-likeness (QED) is 0.867. The summed E-state index contributed by atoms with van der Waals surface area (Å²) in [5.41, 5.74) is 7.23. The molecule has 100 valence electrons. The SMILES string of the molecule is CCC(C)n1nnc(CC(N)=O)c1C1CCCC1. The minimum absolute atomic E-state index is 0.211. The second-order valence-electron chi connectivity index (χ2n) is 5.25. The molecule has 0 spiro atoms. The van der Waals surface area contributed by atoms with Gasteiger partial charge in [-0.2, -0.15) is 0 Å². The first-order valence-electron chi connectivity index (χ1n) is 6.85. The number of carbonyl (C=O) groups excluding carboxylic acids is 1. The van der Waals surface area contributed by atoms with Crippen molar-refractivity contribution in [2.45, 2.75) is 64.3 Å². The number of nitrogens with zero attached hydrogens (tertiary/aromatic N) is 3. The third-order valence-electron chi connectivity index (χ3n) is 3.90. The standard InChI is InChI=1S/C13H22N4O/c1-3-9(2)17-13(10-6-4-5-7-10)11(15-16-17)8-12(14)18/h9-10H,3-8H2,1-2H3,(H2,14,18). The molecule has 1 aliphatic rings. The number of hydrogen-bond donors (Lipinski definition) is 1. The molecule has 1 saturated carbocycles. The van der Waals surface area contributed by atoms with E-state index in [-0.39, 0.29) is 12.3 Å². The van der Waals surface area contributed by atoms with Gasteiger partial charge in [0.2, 0.25) is 5.91 Å². The van der Waals surface area contributed by atoms with E-state index in [4.69, 9.17) is 5.73 Å². The zero-order valence-electron chi connectivity index (χ0n) is 11.2. The van der Waals surface area contributed by atoms with Crippen molar-refractivity contribution in [1.29, 1.82) is 0 Å². The molecule has 1 unspecified atom stereocenters. The molecule has 0 saturated heterocycles. The average molecular weight is 250 g/mol. The Morgan fingerprint density at radius 2 is 2.17 bits per heavy atom. The summed E-state index contributed by atoms with van der Waals surface area (Å²) in [5, 5.41) is 8.43. The maximum Gasteiger partial charge on any atom is 0.223 e. The second-order valence-corrected chi connectivity index (χ2v) is 5.25. The van der Waals surface area contributed by atoms with Gasteiger partial charge in [0.15, 0.2) is 0 Å². The van der Waals surface area contributed by atoms with Gasteiger partial charge in [-0.25, -0.2) is 4.68 Å².